The number of fused-ring (bicyclic) bond motifs is 2. The van der Waals surface area contributed by atoms with Crippen LogP contribution in [0.25, 0.3) is 0 Å². The molecule has 1 heterocycles. The Hall–Kier alpha value is -2.87. The smallest absolute Gasteiger partial charge is 0.328 e. The van der Waals surface area contributed by atoms with Crippen LogP contribution in [-0.2, 0) is 36.2 Å². The van der Waals surface area contributed by atoms with Crippen molar-refractivity contribution >= 4 is 27.6 Å². The zero-order valence-corrected chi connectivity index (χ0v) is 19.8. The maximum atomic E-state index is 13.1. The Morgan fingerprint density at radius 1 is 1.09 bits per heavy atom. The van der Waals surface area contributed by atoms with Crippen molar-refractivity contribution < 1.29 is 22.7 Å². The highest BCUT2D eigenvalue weighted by Crippen LogP contribution is 2.50. The molecule has 1 fully saturated rings. The van der Waals surface area contributed by atoms with Crippen LogP contribution >= 0.6 is 0 Å². The molecular weight excluding hydrogens is 440 g/mol. The minimum Gasteiger partial charge on any atom is -0.467 e. The molecule has 0 bridgehead atoms. The van der Waals surface area contributed by atoms with Crippen LogP contribution in [0.1, 0.15) is 36.8 Å². The molecule has 1 amide bonds. The minimum atomic E-state index is -3.38. The molecule has 1 aliphatic heterocycles. The van der Waals surface area contributed by atoms with Crippen LogP contribution in [0.4, 0.5) is 5.69 Å². The number of ether oxygens (including phenoxy) is 1. The van der Waals surface area contributed by atoms with Gasteiger partial charge in [0.05, 0.1) is 19.1 Å². The number of amides is 1. The van der Waals surface area contributed by atoms with Crippen LogP contribution in [0.2, 0.25) is 0 Å². The third kappa shape index (κ3) is 4.76. The molecule has 1 unspecified atom stereocenters. The van der Waals surface area contributed by atoms with Crippen LogP contribution < -0.4 is 9.62 Å². The number of nitrogens with zero attached hydrogens (tertiary/aromatic N) is 1. The number of hydrogen-bond donors (Lipinski definition) is 1. The van der Waals surface area contributed by atoms with E-state index in [9.17, 15) is 18.0 Å². The third-order valence-corrected chi connectivity index (χ3v) is 8.12. The van der Waals surface area contributed by atoms with E-state index in [0.29, 0.717) is 25.8 Å². The maximum Gasteiger partial charge on any atom is 0.328 e. The first-order valence-electron chi connectivity index (χ1n) is 11.2. The Morgan fingerprint density at radius 3 is 2.36 bits per heavy atom. The van der Waals surface area contributed by atoms with Gasteiger partial charge in [-0.15, -0.1) is 0 Å². The summed E-state index contributed by atoms with van der Waals surface area (Å²) in [6.07, 6.45) is 4.31. The van der Waals surface area contributed by atoms with Crippen LogP contribution in [0.3, 0.4) is 0 Å². The van der Waals surface area contributed by atoms with Gasteiger partial charge in [-0.1, -0.05) is 48.5 Å². The van der Waals surface area contributed by atoms with E-state index in [1.807, 2.05) is 54.6 Å². The molecule has 1 saturated carbocycles. The first kappa shape index (κ1) is 23.3. The van der Waals surface area contributed by atoms with Gasteiger partial charge in [0.2, 0.25) is 15.9 Å². The average Bonchev–Trinajstić information content (AvgIpc) is 3.14. The Morgan fingerprint density at radius 2 is 1.73 bits per heavy atom. The Kier molecular flexibility index (Phi) is 6.47. The lowest BCUT2D eigenvalue weighted by molar-refractivity contribution is -0.145. The fourth-order valence-electron chi connectivity index (χ4n) is 5.22. The SMILES string of the molecule is COC(=O)C(Cc1ccccc1)NC(=O)C1CCC2(CC1)CN(S(C)(=O)=O)c1ccccc12. The highest BCUT2D eigenvalue weighted by molar-refractivity contribution is 7.92. The Labute approximate surface area is 195 Å². The number of carbonyl (C=O) groups is 2. The van der Waals surface area contributed by atoms with E-state index in [1.165, 1.54) is 17.7 Å². The summed E-state index contributed by atoms with van der Waals surface area (Å²) in [4.78, 5) is 25.4. The van der Waals surface area contributed by atoms with Crippen molar-refractivity contribution in [2.24, 2.45) is 5.92 Å². The summed E-state index contributed by atoms with van der Waals surface area (Å²) in [6.45, 7) is 0.415. The number of methoxy groups -OCH3 is 1. The number of hydrogen-bond acceptors (Lipinski definition) is 5. The number of sulfonamides is 1. The molecule has 8 heteroatoms. The van der Waals surface area contributed by atoms with Gasteiger partial charge in [-0.05, 0) is 42.9 Å². The second-order valence-electron chi connectivity index (χ2n) is 9.12. The highest BCUT2D eigenvalue weighted by atomic mass is 32.2. The molecule has 2 aromatic carbocycles. The molecule has 176 valence electrons. The Balaban J connectivity index is 1.45. The largest absolute Gasteiger partial charge is 0.467 e. The molecule has 1 N–H and O–H groups in total. The molecular formula is C25H30N2O5S. The monoisotopic (exact) mass is 470 g/mol. The second kappa shape index (κ2) is 9.17. The first-order chi connectivity index (χ1) is 15.7. The van der Waals surface area contributed by atoms with E-state index in [4.69, 9.17) is 4.74 Å². The zero-order chi connectivity index (χ0) is 23.6. The maximum absolute atomic E-state index is 13.1. The van der Waals surface area contributed by atoms with Crippen LogP contribution in [0.5, 0.6) is 0 Å². The van der Waals surface area contributed by atoms with Crippen molar-refractivity contribution in [1.82, 2.24) is 5.32 Å². The molecule has 2 aromatic rings. The molecule has 1 aliphatic carbocycles. The van der Waals surface area contributed by atoms with Gasteiger partial charge in [0.1, 0.15) is 6.04 Å². The van der Waals surface area contributed by atoms with Gasteiger partial charge in [0.25, 0.3) is 0 Å². The Bertz CT molecular complexity index is 1120. The quantitative estimate of drug-likeness (QED) is 0.656. The number of carbonyl (C=O) groups excluding carboxylic acids is 2. The third-order valence-electron chi connectivity index (χ3n) is 6.99. The van der Waals surface area contributed by atoms with Crippen molar-refractivity contribution in [2.75, 3.05) is 24.2 Å². The molecule has 4 rings (SSSR count). The van der Waals surface area contributed by atoms with Gasteiger partial charge in [-0.2, -0.15) is 0 Å². The number of benzene rings is 2. The van der Waals surface area contributed by atoms with Gasteiger partial charge in [-0.3, -0.25) is 9.10 Å². The molecule has 2 aliphatic rings. The summed E-state index contributed by atoms with van der Waals surface area (Å²) in [7, 11) is -2.06. The van der Waals surface area contributed by atoms with Crippen molar-refractivity contribution in [3.05, 3.63) is 65.7 Å². The number of rotatable bonds is 6. The summed E-state index contributed by atoms with van der Waals surface area (Å²) >= 11 is 0. The predicted octanol–water partition coefficient (Wildman–Crippen LogP) is 2.79. The van der Waals surface area contributed by atoms with Crippen molar-refractivity contribution in [3.8, 4) is 0 Å². The fraction of sp³-hybridized carbons (Fsp3) is 0.440. The predicted molar refractivity (Wildman–Crippen MR) is 126 cm³/mol. The lowest BCUT2D eigenvalue weighted by Crippen LogP contribution is -2.47. The lowest BCUT2D eigenvalue weighted by Gasteiger charge is -2.37. The number of esters is 1. The van der Waals surface area contributed by atoms with E-state index in [2.05, 4.69) is 5.32 Å². The summed E-state index contributed by atoms with van der Waals surface area (Å²) in [5, 5.41) is 2.90. The highest BCUT2D eigenvalue weighted by Gasteiger charge is 2.48. The summed E-state index contributed by atoms with van der Waals surface area (Å²) in [5.41, 5.74) is 2.46. The number of para-hydroxylation sites is 1. The fourth-order valence-corrected chi connectivity index (χ4v) is 6.21. The van der Waals surface area contributed by atoms with E-state index in [1.54, 1.807) is 0 Å². The van der Waals surface area contributed by atoms with E-state index >= 15 is 0 Å². The van der Waals surface area contributed by atoms with Gasteiger partial charge < -0.3 is 10.1 Å². The standard InChI is InChI=1S/C25H30N2O5S/c1-32-24(29)21(16-18-8-4-3-5-9-18)26-23(28)19-12-14-25(15-13-19)17-27(33(2,30)31)22-11-7-6-10-20(22)25/h3-11,19,21H,12-17H2,1-2H3,(H,26,28). The van der Waals surface area contributed by atoms with Crippen LogP contribution in [0.15, 0.2) is 54.6 Å². The van der Waals surface area contributed by atoms with E-state index in [0.717, 1.165) is 29.7 Å². The minimum absolute atomic E-state index is 0.151. The van der Waals surface area contributed by atoms with Gasteiger partial charge in [0.15, 0.2) is 0 Å². The second-order valence-corrected chi connectivity index (χ2v) is 11.0. The van der Waals surface area contributed by atoms with E-state index in [-0.39, 0.29) is 17.2 Å². The topological polar surface area (TPSA) is 92.8 Å². The van der Waals surface area contributed by atoms with Crippen molar-refractivity contribution in [2.45, 2.75) is 43.6 Å². The molecule has 33 heavy (non-hydrogen) atoms. The zero-order valence-electron chi connectivity index (χ0n) is 19.0. The molecule has 0 saturated heterocycles. The van der Waals surface area contributed by atoms with Crippen molar-refractivity contribution in [3.63, 3.8) is 0 Å². The molecule has 1 atom stereocenters. The molecule has 0 radical (unpaired) electrons. The normalized spacial score (nSPS) is 23.1. The summed E-state index contributed by atoms with van der Waals surface area (Å²) < 4.78 is 31.2. The van der Waals surface area contributed by atoms with Crippen LogP contribution in [-0.4, -0.2) is 46.2 Å². The summed E-state index contributed by atoms with van der Waals surface area (Å²) in [5.74, 6) is -0.839. The number of anilines is 1. The molecule has 0 aromatic heterocycles. The van der Waals surface area contributed by atoms with E-state index < -0.39 is 22.0 Å². The van der Waals surface area contributed by atoms with Crippen LogP contribution in [0, 0.1) is 5.92 Å². The average molecular weight is 471 g/mol. The van der Waals surface area contributed by atoms with Gasteiger partial charge >= 0.3 is 5.97 Å². The molecule has 1 spiro atoms. The summed E-state index contributed by atoms with van der Waals surface area (Å²) in [6, 6.07) is 16.4. The van der Waals surface area contributed by atoms with Crippen molar-refractivity contribution in [1.29, 1.82) is 0 Å². The first-order valence-corrected chi connectivity index (χ1v) is 13.1. The molecule has 7 nitrogen and oxygen atoms in total. The van der Waals surface area contributed by atoms with Gasteiger partial charge in [-0.25, -0.2) is 13.2 Å². The van der Waals surface area contributed by atoms with Gasteiger partial charge in [0, 0.05) is 24.3 Å². The lowest BCUT2D eigenvalue weighted by atomic mass is 9.67. The number of nitrogens with one attached hydrogen (secondary N) is 1.